The first-order chi connectivity index (χ1) is 12.2. The van der Waals surface area contributed by atoms with Gasteiger partial charge in [0.05, 0.1) is 11.0 Å². The number of fused-ring (bicyclic) bond motifs is 5. The zero-order valence-corrected chi connectivity index (χ0v) is 14.6. The minimum Gasteiger partial charge on any atom is -0.317 e. The summed E-state index contributed by atoms with van der Waals surface area (Å²) in [7, 11) is 0. The molecule has 1 N–H and O–H groups in total. The van der Waals surface area contributed by atoms with Crippen molar-refractivity contribution in [3.8, 4) is 0 Å². The van der Waals surface area contributed by atoms with Crippen LogP contribution in [-0.4, -0.2) is 14.4 Å². The molecule has 0 spiro atoms. The van der Waals surface area contributed by atoms with E-state index in [4.69, 9.17) is 0 Å². The summed E-state index contributed by atoms with van der Waals surface area (Å²) in [6.45, 7) is 0. The number of hydrogen-bond acceptors (Lipinski definition) is 2. The monoisotopic (exact) mass is 389 g/mol. The summed E-state index contributed by atoms with van der Waals surface area (Å²) in [6, 6.07) is 16.3. The van der Waals surface area contributed by atoms with Crippen molar-refractivity contribution in [2.75, 3.05) is 0 Å². The Labute approximate surface area is 150 Å². The van der Waals surface area contributed by atoms with E-state index in [1.807, 2.05) is 40.9 Å². The number of hydrogen-bond donors (Lipinski definition) is 1. The zero-order valence-electron chi connectivity index (χ0n) is 13.0. The van der Waals surface area contributed by atoms with Gasteiger partial charge in [-0.1, -0.05) is 52.3 Å². The van der Waals surface area contributed by atoms with E-state index >= 15 is 0 Å². The fourth-order valence-electron chi connectivity index (χ4n) is 3.43. The molecule has 5 rings (SSSR count). The van der Waals surface area contributed by atoms with Crippen LogP contribution in [0.25, 0.3) is 33.5 Å². The molecule has 0 aliphatic heterocycles. The molecule has 0 saturated heterocycles. The van der Waals surface area contributed by atoms with E-state index in [2.05, 4.69) is 50.2 Å². The molecule has 0 fully saturated rings. The van der Waals surface area contributed by atoms with Gasteiger partial charge in [0.2, 0.25) is 5.65 Å². The average molecular weight is 390 g/mol. The number of halogens is 1. The number of H-pyrrole nitrogens is 1. The first-order valence-electron chi connectivity index (χ1n) is 7.89. The van der Waals surface area contributed by atoms with Crippen LogP contribution in [0.5, 0.6) is 0 Å². The Balaban J connectivity index is 2.07. The molecule has 0 saturated carbocycles. The van der Waals surface area contributed by atoms with Gasteiger partial charge in [-0.05, 0) is 29.2 Å². The van der Waals surface area contributed by atoms with Crippen LogP contribution >= 0.6 is 15.9 Å². The highest BCUT2D eigenvalue weighted by Gasteiger charge is 2.13. The third-order valence-corrected chi connectivity index (χ3v) is 4.95. The van der Waals surface area contributed by atoms with Gasteiger partial charge in [0.15, 0.2) is 0 Å². The second kappa shape index (κ2) is 5.29. The van der Waals surface area contributed by atoms with Gasteiger partial charge in [-0.2, -0.15) is 0 Å². The molecule has 4 nitrogen and oxygen atoms in total. The Hall–Kier alpha value is -2.92. The van der Waals surface area contributed by atoms with Gasteiger partial charge in [0.25, 0.3) is 5.56 Å². The van der Waals surface area contributed by atoms with Crippen molar-refractivity contribution in [3.05, 3.63) is 86.5 Å². The van der Waals surface area contributed by atoms with E-state index in [-0.39, 0.29) is 5.56 Å². The maximum absolute atomic E-state index is 12.4. The molecule has 0 bridgehead atoms. The lowest BCUT2D eigenvalue weighted by Crippen LogP contribution is -2.13. The van der Waals surface area contributed by atoms with Crippen LogP contribution in [0, 0.1) is 0 Å². The van der Waals surface area contributed by atoms with Gasteiger partial charge in [-0.15, -0.1) is 0 Å². The van der Waals surface area contributed by atoms with Crippen LogP contribution in [0.1, 0.15) is 5.56 Å². The Morgan fingerprint density at radius 1 is 1.08 bits per heavy atom. The van der Waals surface area contributed by atoms with E-state index in [0.29, 0.717) is 5.65 Å². The third-order valence-electron chi connectivity index (χ3n) is 4.46. The van der Waals surface area contributed by atoms with E-state index in [1.165, 1.54) is 0 Å². The number of nitrogens with one attached hydrogen (secondary N) is 1. The Morgan fingerprint density at radius 3 is 2.76 bits per heavy atom. The fraction of sp³-hybridized carbons (Fsp3) is 0. The normalized spacial score (nSPS) is 12.6. The van der Waals surface area contributed by atoms with Crippen LogP contribution in [-0.2, 0) is 0 Å². The van der Waals surface area contributed by atoms with Gasteiger partial charge in [-0.25, -0.2) is 4.98 Å². The third kappa shape index (κ3) is 2.13. The second-order valence-corrected chi connectivity index (χ2v) is 6.87. The van der Waals surface area contributed by atoms with Crippen molar-refractivity contribution in [1.82, 2.24) is 14.4 Å². The molecule has 3 aromatic carbocycles. The lowest BCUT2D eigenvalue weighted by atomic mass is 10.1. The van der Waals surface area contributed by atoms with E-state index in [0.717, 1.165) is 37.1 Å². The van der Waals surface area contributed by atoms with E-state index in [9.17, 15) is 4.79 Å². The summed E-state index contributed by atoms with van der Waals surface area (Å²) in [5, 5.41) is 3.21. The molecule has 0 atom stereocenters. The van der Waals surface area contributed by atoms with E-state index < -0.39 is 0 Å². The molecule has 120 valence electrons. The summed E-state index contributed by atoms with van der Waals surface area (Å²) in [5.74, 6) is 0. The highest BCUT2D eigenvalue weighted by Crippen LogP contribution is 2.22. The average Bonchev–Trinajstić information content (AvgIpc) is 3.20. The molecule has 0 aliphatic rings. The summed E-state index contributed by atoms with van der Waals surface area (Å²) in [4.78, 5) is 19.6. The maximum Gasteiger partial charge on any atom is 0.292 e. The molecular weight excluding hydrogens is 378 g/mol. The molecule has 0 aliphatic carbocycles. The Morgan fingerprint density at radius 2 is 1.92 bits per heavy atom. The lowest BCUT2D eigenvalue weighted by Gasteiger charge is -1.98. The number of benzene rings is 2. The quantitative estimate of drug-likeness (QED) is 0.475. The number of aromatic nitrogens is 3. The summed E-state index contributed by atoms with van der Waals surface area (Å²) >= 11 is 3.53. The molecule has 25 heavy (non-hydrogen) atoms. The van der Waals surface area contributed by atoms with Gasteiger partial charge in [0, 0.05) is 27.5 Å². The van der Waals surface area contributed by atoms with Crippen molar-refractivity contribution < 1.29 is 0 Å². The van der Waals surface area contributed by atoms with E-state index in [1.54, 1.807) is 6.20 Å². The number of rotatable bonds is 1. The molecule has 2 aromatic heterocycles. The van der Waals surface area contributed by atoms with Crippen molar-refractivity contribution in [2.45, 2.75) is 0 Å². The van der Waals surface area contributed by atoms with Crippen LogP contribution in [0.15, 0.2) is 70.2 Å². The predicted molar refractivity (Wildman–Crippen MR) is 104 cm³/mol. The molecule has 0 unspecified atom stereocenters. The van der Waals surface area contributed by atoms with Crippen LogP contribution in [0.4, 0.5) is 0 Å². The second-order valence-electron chi connectivity index (χ2n) is 5.96. The summed E-state index contributed by atoms with van der Waals surface area (Å²) in [6.07, 6.45) is 5.64. The van der Waals surface area contributed by atoms with Crippen molar-refractivity contribution in [1.29, 1.82) is 0 Å². The Bertz CT molecular complexity index is 1380. The van der Waals surface area contributed by atoms with Crippen molar-refractivity contribution in [3.63, 3.8) is 0 Å². The standard InChI is InChI=1S/C20H12BrN3O/c21-13-5-3-4-12(10-13)11-16-14-6-1-2-7-15(14)17-18(16)24-9-8-22-19(24)20(25)23-17/h1-11H,(H,23,25). The van der Waals surface area contributed by atoms with Crippen molar-refractivity contribution in [2.24, 2.45) is 0 Å². The fourth-order valence-corrected chi connectivity index (χ4v) is 3.85. The highest BCUT2D eigenvalue weighted by atomic mass is 79.9. The van der Waals surface area contributed by atoms with Crippen LogP contribution < -0.4 is 10.8 Å². The lowest BCUT2D eigenvalue weighted by molar-refractivity contribution is 1.17. The first kappa shape index (κ1) is 14.4. The van der Waals surface area contributed by atoms with Crippen LogP contribution in [0.3, 0.4) is 0 Å². The Kier molecular flexibility index (Phi) is 3.05. The van der Waals surface area contributed by atoms with Gasteiger partial charge < -0.3 is 4.98 Å². The smallest absolute Gasteiger partial charge is 0.292 e. The number of aromatic amines is 1. The summed E-state index contributed by atoms with van der Waals surface area (Å²) < 4.78 is 2.90. The number of imidazole rings is 1. The minimum absolute atomic E-state index is 0.178. The predicted octanol–water partition coefficient (Wildman–Crippen LogP) is 3.64. The zero-order chi connectivity index (χ0) is 17.0. The number of nitrogens with zero attached hydrogens (tertiary/aromatic N) is 2. The van der Waals surface area contributed by atoms with Gasteiger partial charge >= 0.3 is 0 Å². The molecule has 5 aromatic rings. The highest BCUT2D eigenvalue weighted by molar-refractivity contribution is 9.10. The minimum atomic E-state index is -0.178. The topological polar surface area (TPSA) is 50.2 Å². The van der Waals surface area contributed by atoms with Crippen molar-refractivity contribution >= 4 is 49.5 Å². The summed E-state index contributed by atoms with van der Waals surface area (Å²) in [5.41, 5.74) is 3.13. The molecule has 2 heterocycles. The van der Waals surface area contributed by atoms with Gasteiger partial charge in [0.1, 0.15) is 0 Å². The van der Waals surface area contributed by atoms with Crippen LogP contribution in [0.2, 0.25) is 0 Å². The van der Waals surface area contributed by atoms with Gasteiger partial charge in [-0.3, -0.25) is 9.20 Å². The first-order valence-corrected chi connectivity index (χ1v) is 8.68. The maximum atomic E-state index is 12.4. The molecule has 0 amide bonds. The largest absolute Gasteiger partial charge is 0.317 e. The molecular formula is C20H12BrN3O. The molecule has 5 heteroatoms. The SMILES string of the molecule is O=c1[nH]c2c3ccccc3c(=Cc3cccc(Br)c3)c2n2ccnc12. The molecule has 0 radical (unpaired) electrons.